The van der Waals surface area contributed by atoms with Gasteiger partial charge in [-0.25, -0.2) is 9.59 Å². The van der Waals surface area contributed by atoms with Crippen molar-refractivity contribution in [2.75, 3.05) is 26.2 Å². The normalized spacial score (nSPS) is 25.9. The summed E-state index contributed by atoms with van der Waals surface area (Å²) in [5.41, 5.74) is 2.31. The largest absolute Gasteiger partial charge is 0.466 e. The van der Waals surface area contributed by atoms with Crippen molar-refractivity contribution in [3.05, 3.63) is 41.0 Å². The summed E-state index contributed by atoms with van der Waals surface area (Å²) in [6, 6.07) is 7.66. The van der Waals surface area contributed by atoms with Gasteiger partial charge in [-0.05, 0) is 18.6 Å². The Hall–Kier alpha value is -2.30. The number of carbonyl (C=O) groups is 2. The molecule has 0 spiro atoms. The molecule has 0 N–H and O–H groups in total. The molecule has 2 atom stereocenters. The fraction of sp³-hybridized carbons (Fsp3) is 0.375. The molecule has 0 fully saturated rings. The van der Waals surface area contributed by atoms with Crippen LogP contribution in [0.3, 0.4) is 0 Å². The Kier molecular flexibility index (Phi) is 2.83. The van der Waals surface area contributed by atoms with Crippen molar-refractivity contribution in [3.63, 3.8) is 0 Å². The van der Waals surface area contributed by atoms with Gasteiger partial charge in [0.15, 0.2) is 0 Å². The molecule has 0 unspecified atom stereocenters. The van der Waals surface area contributed by atoms with E-state index in [-0.39, 0.29) is 6.04 Å². The van der Waals surface area contributed by atoms with Crippen LogP contribution >= 0.6 is 0 Å². The smallest absolute Gasteiger partial charge is 0.336 e. The summed E-state index contributed by atoms with van der Waals surface area (Å²) in [6.45, 7) is 1.97. The van der Waals surface area contributed by atoms with Crippen molar-refractivity contribution < 1.29 is 19.1 Å². The number of hydrogen-bond donors (Lipinski definition) is 0. The van der Waals surface area contributed by atoms with Gasteiger partial charge in [-0.15, -0.1) is 0 Å². The van der Waals surface area contributed by atoms with Gasteiger partial charge in [0.25, 0.3) is 0 Å². The summed E-state index contributed by atoms with van der Waals surface area (Å²) in [5, 5.41) is 0. The Morgan fingerprint density at radius 3 is 2.38 bits per heavy atom. The van der Waals surface area contributed by atoms with E-state index in [9.17, 15) is 9.59 Å². The number of anilines is 1. The molecule has 21 heavy (non-hydrogen) atoms. The van der Waals surface area contributed by atoms with E-state index in [1.807, 2.05) is 43.1 Å². The van der Waals surface area contributed by atoms with Crippen LogP contribution in [-0.4, -0.2) is 39.2 Å². The number of ether oxygens (including phenoxy) is 2. The first kappa shape index (κ1) is 13.7. The van der Waals surface area contributed by atoms with Gasteiger partial charge < -0.3 is 14.4 Å². The van der Waals surface area contributed by atoms with Gasteiger partial charge >= 0.3 is 11.9 Å². The zero-order chi connectivity index (χ0) is 15.4. The molecule has 5 heteroatoms. The van der Waals surface area contributed by atoms with Gasteiger partial charge in [0.05, 0.1) is 36.8 Å². The van der Waals surface area contributed by atoms with E-state index in [4.69, 9.17) is 9.47 Å². The minimum atomic E-state index is -0.540. The van der Waals surface area contributed by atoms with Crippen LogP contribution in [0.1, 0.15) is 12.5 Å². The van der Waals surface area contributed by atoms with Gasteiger partial charge in [0, 0.05) is 12.7 Å². The summed E-state index contributed by atoms with van der Waals surface area (Å²) in [7, 11) is 4.57. The summed E-state index contributed by atoms with van der Waals surface area (Å²) < 4.78 is 9.73. The number of methoxy groups -OCH3 is 2. The number of esters is 2. The Bertz CT molecular complexity index is 679. The van der Waals surface area contributed by atoms with Crippen molar-refractivity contribution >= 4 is 17.6 Å². The van der Waals surface area contributed by atoms with E-state index in [0.717, 1.165) is 11.3 Å². The topological polar surface area (TPSA) is 55.8 Å². The number of para-hydroxylation sites is 1. The minimum Gasteiger partial charge on any atom is -0.466 e. The third-order valence-corrected chi connectivity index (χ3v) is 4.63. The van der Waals surface area contributed by atoms with Crippen molar-refractivity contribution in [3.8, 4) is 0 Å². The van der Waals surface area contributed by atoms with E-state index in [0.29, 0.717) is 11.1 Å². The highest BCUT2D eigenvalue weighted by Crippen LogP contribution is 2.58. The number of benzene rings is 1. The van der Waals surface area contributed by atoms with Gasteiger partial charge in [-0.1, -0.05) is 18.2 Å². The second-order valence-corrected chi connectivity index (χ2v) is 5.50. The maximum atomic E-state index is 12.2. The van der Waals surface area contributed by atoms with Crippen LogP contribution in [0.4, 0.5) is 5.69 Å². The molecule has 2 aliphatic rings. The molecular formula is C16H17NO4. The highest BCUT2D eigenvalue weighted by molar-refractivity contribution is 6.09. The molecule has 0 saturated carbocycles. The standard InChI is InChI=1S/C16H17NO4/c1-16-9-7-5-6-8-10(9)17(2)13(16)11(14(18)20-3)12(16)15(19)21-4/h5-8,13H,1-4H3/t13-,16+/m0/s1. The average Bonchev–Trinajstić information content (AvgIpc) is 2.67. The molecule has 0 bridgehead atoms. The minimum absolute atomic E-state index is 0.198. The van der Waals surface area contributed by atoms with Crippen LogP contribution in [0.15, 0.2) is 35.4 Å². The van der Waals surface area contributed by atoms with Crippen LogP contribution in [0, 0.1) is 0 Å². The first-order chi connectivity index (χ1) is 9.98. The van der Waals surface area contributed by atoms with Crippen molar-refractivity contribution in [1.82, 2.24) is 0 Å². The summed E-state index contributed by atoms with van der Waals surface area (Å²) >= 11 is 0. The van der Waals surface area contributed by atoms with Gasteiger partial charge in [0.2, 0.25) is 0 Å². The van der Waals surface area contributed by atoms with Crippen LogP contribution in [0.5, 0.6) is 0 Å². The Balaban J connectivity index is 2.23. The lowest BCUT2D eigenvalue weighted by molar-refractivity contribution is -0.141. The van der Waals surface area contributed by atoms with Crippen LogP contribution in [-0.2, 0) is 24.5 Å². The molecule has 1 aromatic carbocycles. The zero-order valence-electron chi connectivity index (χ0n) is 12.5. The number of likely N-dealkylation sites (N-methyl/N-ethyl adjacent to an activating group) is 1. The fourth-order valence-corrected chi connectivity index (χ4v) is 3.73. The lowest BCUT2D eigenvalue weighted by Crippen LogP contribution is -2.57. The van der Waals surface area contributed by atoms with E-state index in [1.54, 1.807) is 0 Å². The quantitative estimate of drug-likeness (QED) is 0.770. The molecule has 1 aliphatic carbocycles. The van der Waals surface area contributed by atoms with Crippen molar-refractivity contribution in [2.45, 2.75) is 18.4 Å². The Morgan fingerprint density at radius 2 is 1.76 bits per heavy atom. The van der Waals surface area contributed by atoms with E-state index in [1.165, 1.54) is 14.2 Å². The molecular weight excluding hydrogens is 270 g/mol. The number of fused-ring (bicyclic) bond motifs is 3. The van der Waals surface area contributed by atoms with Crippen LogP contribution in [0.2, 0.25) is 0 Å². The highest BCUT2D eigenvalue weighted by atomic mass is 16.5. The fourth-order valence-electron chi connectivity index (χ4n) is 3.73. The van der Waals surface area contributed by atoms with Crippen LogP contribution < -0.4 is 4.90 Å². The summed E-state index contributed by atoms with van der Waals surface area (Å²) in [6.07, 6.45) is 0. The molecule has 1 heterocycles. The summed E-state index contributed by atoms with van der Waals surface area (Å²) in [4.78, 5) is 26.3. The van der Waals surface area contributed by atoms with E-state index in [2.05, 4.69) is 0 Å². The Labute approximate surface area is 123 Å². The SMILES string of the molecule is COC(=O)C1=C(C(=O)OC)[C@@]2(C)c3ccccc3N(C)[C@@H]12. The molecule has 0 saturated heterocycles. The molecule has 110 valence electrons. The maximum absolute atomic E-state index is 12.2. The third-order valence-electron chi connectivity index (χ3n) is 4.63. The third kappa shape index (κ3) is 1.46. The molecule has 3 rings (SSSR count). The first-order valence-corrected chi connectivity index (χ1v) is 6.72. The van der Waals surface area contributed by atoms with Crippen LogP contribution in [0.25, 0.3) is 0 Å². The van der Waals surface area contributed by atoms with E-state index < -0.39 is 17.4 Å². The average molecular weight is 287 g/mol. The number of carbonyl (C=O) groups excluding carboxylic acids is 2. The number of nitrogens with zero attached hydrogens (tertiary/aromatic N) is 1. The monoisotopic (exact) mass is 287 g/mol. The van der Waals surface area contributed by atoms with Crippen molar-refractivity contribution in [2.24, 2.45) is 0 Å². The predicted molar refractivity (Wildman–Crippen MR) is 77.0 cm³/mol. The van der Waals surface area contributed by atoms with E-state index >= 15 is 0 Å². The lowest BCUT2D eigenvalue weighted by atomic mass is 9.59. The summed E-state index contributed by atoms with van der Waals surface area (Å²) in [5.74, 6) is -0.947. The number of rotatable bonds is 2. The Morgan fingerprint density at radius 1 is 1.14 bits per heavy atom. The molecule has 0 amide bonds. The molecule has 1 aliphatic heterocycles. The molecule has 1 aromatic rings. The van der Waals surface area contributed by atoms with Gasteiger partial charge in [-0.3, -0.25) is 0 Å². The molecule has 5 nitrogen and oxygen atoms in total. The van der Waals surface area contributed by atoms with Crippen molar-refractivity contribution in [1.29, 1.82) is 0 Å². The highest BCUT2D eigenvalue weighted by Gasteiger charge is 2.63. The van der Waals surface area contributed by atoms with Gasteiger partial charge in [-0.2, -0.15) is 0 Å². The first-order valence-electron chi connectivity index (χ1n) is 6.72. The zero-order valence-corrected chi connectivity index (χ0v) is 12.5. The second-order valence-electron chi connectivity index (χ2n) is 5.50. The number of hydrogen-bond acceptors (Lipinski definition) is 5. The maximum Gasteiger partial charge on any atom is 0.336 e. The predicted octanol–water partition coefficient (Wildman–Crippen LogP) is 1.42. The van der Waals surface area contributed by atoms with Gasteiger partial charge in [0.1, 0.15) is 0 Å². The molecule has 0 radical (unpaired) electrons. The molecule has 0 aromatic heterocycles. The second kappa shape index (κ2) is 4.35. The lowest BCUT2D eigenvalue weighted by Gasteiger charge is -2.46.